The molecule has 1 heterocycles. The van der Waals surface area contributed by atoms with Gasteiger partial charge in [0.2, 0.25) is 0 Å². The third kappa shape index (κ3) is 3.02. The van der Waals surface area contributed by atoms with Crippen molar-refractivity contribution in [3.63, 3.8) is 0 Å². The summed E-state index contributed by atoms with van der Waals surface area (Å²) >= 11 is 1.50. The minimum absolute atomic E-state index is 0.275. The summed E-state index contributed by atoms with van der Waals surface area (Å²) < 4.78 is 38.4. The number of hydrogen-bond acceptors (Lipinski definition) is 3. The van der Waals surface area contributed by atoms with Gasteiger partial charge in [-0.15, -0.1) is 11.3 Å². The van der Waals surface area contributed by atoms with Crippen molar-refractivity contribution in [1.82, 2.24) is 10.3 Å². The minimum atomic E-state index is -4.33. The monoisotopic (exact) mass is 300 g/mol. The van der Waals surface area contributed by atoms with Gasteiger partial charge in [0, 0.05) is 4.88 Å². The first kappa shape index (κ1) is 15.0. The number of aryl methyl sites for hydroxylation is 2. The maximum Gasteiger partial charge on any atom is 0.416 e. The molecule has 6 heteroatoms. The average Bonchev–Trinajstić information content (AvgIpc) is 2.69. The molecule has 0 aliphatic heterocycles. The molecule has 1 aromatic carbocycles. The maximum absolute atomic E-state index is 12.8. The molecule has 0 aliphatic rings. The number of benzene rings is 1. The van der Waals surface area contributed by atoms with E-state index < -0.39 is 11.7 Å². The molecule has 2 rings (SSSR count). The summed E-state index contributed by atoms with van der Waals surface area (Å²) in [5.41, 5.74) is 0.812. The molecule has 0 aliphatic carbocycles. The second-order valence-corrected chi connectivity index (χ2v) is 5.76. The molecular formula is C14H15F3N2S. The summed E-state index contributed by atoms with van der Waals surface area (Å²) in [7, 11) is 1.74. The van der Waals surface area contributed by atoms with E-state index in [9.17, 15) is 13.2 Å². The lowest BCUT2D eigenvalue weighted by atomic mass is 10.0. The maximum atomic E-state index is 12.8. The van der Waals surface area contributed by atoms with E-state index >= 15 is 0 Å². The molecule has 0 amide bonds. The van der Waals surface area contributed by atoms with Crippen molar-refractivity contribution < 1.29 is 13.2 Å². The summed E-state index contributed by atoms with van der Waals surface area (Å²) in [6.07, 6.45) is -4.33. The smallest absolute Gasteiger partial charge is 0.309 e. The molecule has 1 atom stereocenters. The zero-order chi connectivity index (χ0) is 14.9. The van der Waals surface area contributed by atoms with E-state index in [1.165, 1.54) is 23.5 Å². The highest BCUT2D eigenvalue weighted by atomic mass is 32.1. The number of nitrogens with one attached hydrogen (secondary N) is 1. The van der Waals surface area contributed by atoms with Gasteiger partial charge < -0.3 is 5.32 Å². The lowest BCUT2D eigenvalue weighted by molar-refractivity contribution is -0.137. The molecular weight excluding hydrogens is 285 g/mol. The van der Waals surface area contributed by atoms with Gasteiger partial charge in [-0.1, -0.05) is 12.1 Å². The summed E-state index contributed by atoms with van der Waals surface area (Å²) in [5, 5.41) is 3.98. The third-order valence-electron chi connectivity index (χ3n) is 3.04. The molecule has 1 aromatic heterocycles. The molecule has 1 unspecified atom stereocenters. The van der Waals surface area contributed by atoms with Crippen molar-refractivity contribution in [3.8, 4) is 0 Å². The van der Waals surface area contributed by atoms with E-state index in [0.717, 1.165) is 21.6 Å². The van der Waals surface area contributed by atoms with Gasteiger partial charge in [-0.25, -0.2) is 4.98 Å². The van der Waals surface area contributed by atoms with Crippen LogP contribution in [0.15, 0.2) is 24.3 Å². The van der Waals surface area contributed by atoms with Crippen LogP contribution in [0.3, 0.4) is 0 Å². The number of rotatable bonds is 3. The molecule has 0 bridgehead atoms. The fourth-order valence-corrected chi connectivity index (χ4v) is 3.22. The van der Waals surface area contributed by atoms with Crippen LogP contribution >= 0.6 is 11.3 Å². The van der Waals surface area contributed by atoms with Crippen LogP contribution in [0.2, 0.25) is 0 Å². The Hall–Kier alpha value is -1.40. The zero-order valence-electron chi connectivity index (χ0n) is 11.4. The molecule has 20 heavy (non-hydrogen) atoms. The van der Waals surface area contributed by atoms with Crippen LogP contribution in [-0.4, -0.2) is 12.0 Å². The summed E-state index contributed by atoms with van der Waals surface area (Å²) in [5.74, 6) is 0. The highest BCUT2D eigenvalue weighted by Gasteiger charge is 2.31. The summed E-state index contributed by atoms with van der Waals surface area (Å²) in [6, 6.07) is 5.14. The topological polar surface area (TPSA) is 24.9 Å². The molecule has 0 fully saturated rings. The molecule has 2 aromatic rings. The highest BCUT2D eigenvalue weighted by Crippen LogP contribution is 2.34. The van der Waals surface area contributed by atoms with Crippen molar-refractivity contribution >= 4 is 11.3 Å². The van der Waals surface area contributed by atoms with E-state index in [2.05, 4.69) is 10.3 Å². The van der Waals surface area contributed by atoms with E-state index in [4.69, 9.17) is 0 Å². The second kappa shape index (κ2) is 5.54. The molecule has 1 N–H and O–H groups in total. The van der Waals surface area contributed by atoms with Gasteiger partial charge in [0.15, 0.2) is 0 Å². The van der Waals surface area contributed by atoms with Crippen LogP contribution in [-0.2, 0) is 6.18 Å². The van der Waals surface area contributed by atoms with Gasteiger partial charge in [-0.05, 0) is 38.6 Å². The summed E-state index contributed by atoms with van der Waals surface area (Å²) in [6.45, 7) is 3.76. The Morgan fingerprint density at radius 1 is 1.25 bits per heavy atom. The SMILES string of the molecule is CNC(c1cccc(C(F)(F)F)c1)c1sc(C)nc1C. The van der Waals surface area contributed by atoms with Crippen molar-refractivity contribution in [2.24, 2.45) is 0 Å². The fourth-order valence-electron chi connectivity index (χ4n) is 2.16. The van der Waals surface area contributed by atoms with E-state index in [-0.39, 0.29) is 6.04 Å². The van der Waals surface area contributed by atoms with Gasteiger partial charge in [0.1, 0.15) is 0 Å². The van der Waals surface area contributed by atoms with Gasteiger partial charge in [0.05, 0.1) is 22.3 Å². The van der Waals surface area contributed by atoms with E-state index in [0.29, 0.717) is 5.56 Å². The van der Waals surface area contributed by atoms with Crippen LogP contribution in [0.1, 0.15) is 32.7 Å². The lowest BCUT2D eigenvalue weighted by Crippen LogP contribution is -2.18. The Morgan fingerprint density at radius 3 is 2.45 bits per heavy atom. The number of alkyl halides is 3. The third-order valence-corrected chi connectivity index (χ3v) is 4.18. The Labute approximate surface area is 119 Å². The normalized spacial score (nSPS) is 13.5. The van der Waals surface area contributed by atoms with Gasteiger partial charge in [-0.3, -0.25) is 0 Å². The first-order valence-corrected chi connectivity index (χ1v) is 6.93. The minimum Gasteiger partial charge on any atom is -0.309 e. The van der Waals surface area contributed by atoms with E-state index in [1.807, 2.05) is 13.8 Å². The van der Waals surface area contributed by atoms with Gasteiger partial charge >= 0.3 is 6.18 Å². The Balaban J connectivity index is 2.45. The van der Waals surface area contributed by atoms with Crippen LogP contribution in [0.4, 0.5) is 13.2 Å². The molecule has 0 saturated heterocycles. The number of thiazole rings is 1. The summed E-state index contributed by atoms with van der Waals surface area (Å²) in [4.78, 5) is 5.28. The lowest BCUT2D eigenvalue weighted by Gasteiger charge is -2.17. The molecule has 0 spiro atoms. The predicted molar refractivity (Wildman–Crippen MR) is 73.9 cm³/mol. The number of hydrogen-bond donors (Lipinski definition) is 1. The van der Waals surface area contributed by atoms with Crippen LogP contribution in [0.25, 0.3) is 0 Å². The molecule has 0 radical (unpaired) electrons. The molecule has 2 nitrogen and oxygen atoms in total. The van der Waals surface area contributed by atoms with Crippen LogP contribution in [0.5, 0.6) is 0 Å². The van der Waals surface area contributed by atoms with Crippen molar-refractivity contribution in [1.29, 1.82) is 0 Å². The van der Waals surface area contributed by atoms with Crippen molar-refractivity contribution in [2.45, 2.75) is 26.1 Å². The highest BCUT2D eigenvalue weighted by molar-refractivity contribution is 7.11. The van der Waals surface area contributed by atoms with E-state index in [1.54, 1.807) is 13.1 Å². The Kier molecular flexibility index (Phi) is 4.15. The van der Waals surface area contributed by atoms with Gasteiger partial charge in [0.25, 0.3) is 0 Å². The quantitative estimate of drug-likeness (QED) is 0.923. The number of nitrogens with zero attached hydrogens (tertiary/aromatic N) is 1. The fraction of sp³-hybridized carbons (Fsp3) is 0.357. The first-order valence-electron chi connectivity index (χ1n) is 6.11. The Morgan fingerprint density at radius 2 is 1.95 bits per heavy atom. The number of aromatic nitrogens is 1. The Bertz CT molecular complexity index is 605. The predicted octanol–water partition coefficient (Wildman–Crippen LogP) is 4.09. The first-order chi connectivity index (χ1) is 9.32. The largest absolute Gasteiger partial charge is 0.416 e. The number of halogens is 3. The van der Waals surface area contributed by atoms with Crippen molar-refractivity contribution in [3.05, 3.63) is 51.0 Å². The molecule has 0 saturated carbocycles. The zero-order valence-corrected chi connectivity index (χ0v) is 12.2. The average molecular weight is 300 g/mol. The second-order valence-electron chi connectivity index (χ2n) is 4.53. The van der Waals surface area contributed by atoms with Crippen molar-refractivity contribution in [2.75, 3.05) is 7.05 Å². The van der Waals surface area contributed by atoms with Crippen LogP contribution in [0, 0.1) is 13.8 Å². The van der Waals surface area contributed by atoms with Crippen LogP contribution < -0.4 is 5.32 Å². The van der Waals surface area contributed by atoms with Gasteiger partial charge in [-0.2, -0.15) is 13.2 Å². The molecule has 108 valence electrons. The standard InChI is InChI=1S/C14H15F3N2S/c1-8-13(20-9(2)19-8)12(18-3)10-5-4-6-11(7-10)14(15,16)17/h4-7,12,18H,1-3H3.